The first-order chi connectivity index (χ1) is 13.9. The third-order valence-corrected chi connectivity index (χ3v) is 5.46. The van der Waals surface area contributed by atoms with Gasteiger partial charge in [-0.25, -0.2) is 4.39 Å². The minimum Gasteiger partial charge on any atom is -0.494 e. The predicted molar refractivity (Wildman–Crippen MR) is 110 cm³/mol. The molecular formula is C22H24ClFN2O3. The first-order valence-electron chi connectivity index (χ1n) is 9.57. The number of likely N-dealkylation sites (tertiary alicyclic amines) is 1. The lowest BCUT2D eigenvalue weighted by molar-refractivity contribution is -0.127. The average molecular weight is 419 g/mol. The molecule has 2 amide bonds. The van der Waals surface area contributed by atoms with E-state index in [9.17, 15) is 14.0 Å². The van der Waals surface area contributed by atoms with Gasteiger partial charge in [-0.15, -0.1) is 0 Å². The highest BCUT2D eigenvalue weighted by Gasteiger charge is 2.29. The molecule has 0 aliphatic carbocycles. The summed E-state index contributed by atoms with van der Waals surface area (Å²) in [6.45, 7) is 2.78. The fourth-order valence-electron chi connectivity index (χ4n) is 3.52. The summed E-state index contributed by atoms with van der Waals surface area (Å²) in [6, 6.07) is 11.0. The second-order valence-electron chi connectivity index (χ2n) is 7.22. The molecule has 1 saturated heterocycles. The second kappa shape index (κ2) is 9.27. The zero-order valence-corrected chi connectivity index (χ0v) is 17.2. The van der Waals surface area contributed by atoms with Gasteiger partial charge in [0.05, 0.1) is 19.1 Å². The Morgan fingerprint density at radius 2 is 1.97 bits per heavy atom. The fourth-order valence-corrected chi connectivity index (χ4v) is 3.64. The number of nitrogens with zero attached hydrogens (tertiary/aromatic N) is 1. The lowest BCUT2D eigenvalue weighted by Crippen LogP contribution is -2.45. The number of rotatable bonds is 5. The van der Waals surface area contributed by atoms with Gasteiger partial charge in [-0.05, 0) is 61.7 Å². The first kappa shape index (κ1) is 21.1. The summed E-state index contributed by atoms with van der Waals surface area (Å²) >= 11 is 5.88. The summed E-state index contributed by atoms with van der Waals surface area (Å²) < 4.78 is 18.9. The molecule has 2 atom stereocenters. The quantitative estimate of drug-likeness (QED) is 0.791. The van der Waals surface area contributed by atoms with E-state index in [1.807, 2.05) is 0 Å². The molecule has 2 aromatic rings. The Hall–Kier alpha value is -2.60. The van der Waals surface area contributed by atoms with Crippen LogP contribution in [0.1, 0.15) is 41.7 Å². The molecule has 2 aromatic carbocycles. The summed E-state index contributed by atoms with van der Waals surface area (Å²) in [5, 5.41) is 3.51. The van der Waals surface area contributed by atoms with Gasteiger partial charge >= 0.3 is 0 Å². The predicted octanol–water partition coefficient (Wildman–Crippen LogP) is 4.22. The van der Waals surface area contributed by atoms with Crippen molar-refractivity contribution in [2.75, 3.05) is 20.2 Å². The average Bonchev–Trinajstić information content (AvgIpc) is 2.73. The van der Waals surface area contributed by atoms with Crippen LogP contribution in [0.2, 0.25) is 5.02 Å². The van der Waals surface area contributed by atoms with Crippen LogP contribution in [0.25, 0.3) is 0 Å². The Labute approximate surface area is 174 Å². The highest BCUT2D eigenvalue weighted by atomic mass is 35.5. The van der Waals surface area contributed by atoms with E-state index in [1.54, 1.807) is 48.2 Å². The van der Waals surface area contributed by atoms with Gasteiger partial charge in [0.2, 0.25) is 5.91 Å². The van der Waals surface area contributed by atoms with Crippen LogP contribution in [0, 0.1) is 11.7 Å². The topological polar surface area (TPSA) is 58.6 Å². The van der Waals surface area contributed by atoms with Crippen LogP contribution in [0.4, 0.5) is 4.39 Å². The van der Waals surface area contributed by atoms with Crippen LogP contribution in [0.15, 0.2) is 42.5 Å². The second-order valence-corrected chi connectivity index (χ2v) is 7.66. The minimum atomic E-state index is -0.469. The number of amides is 2. The standard InChI is InChI=1S/C22H24ClFN2O3/c1-14(16-7-10-20(29-2)19(24)12-16)25-21(27)17-4-3-11-26(13-17)22(28)15-5-8-18(23)9-6-15/h5-10,12,14,17H,3-4,11,13H2,1-2H3,(H,25,27)/t14-,17-/m1/s1. The number of carbonyl (C=O) groups is 2. The van der Waals surface area contributed by atoms with Crippen LogP contribution in [-0.2, 0) is 4.79 Å². The van der Waals surface area contributed by atoms with E-state index < -0.39 is 5.82 Å². The van der Waals surface area contributed by atoms with Crippen LogP contribution >= 0.6 is 11.6 Å². The van der Waals surface area contributed by atoms with Gasteiger partial charge in [0, 0.05) is 23.7 Å². The summed E-state index contributed by atoms with van der Waals surface area (Å²) in [4.78, 5) is 27.2. The summed E-state index contributed by atoms with van der Waals surface area (Å²) in [6.07, 6.45) is 1.46. The van der Waals surface area contributed by atoms with Crippen LogP contribution in [0.3, 0.4) is 0 Å². The van der Waals surface area contributed by atoms with E-state index in [4.69, 9.17) is 16.3 Å². The fraction of sp³-hybridized carbons (Fsp3) is 0.364. The van der Waals surface area contributed by atoms with Gasteiger partial charge < -0.3 is 15.0 Å². The molecule has 5 nitrogen and oxygen atoms in total. The van der Waals surface area contributed by atoms with Crippen molar-refractivity contribution in [3.05, 3.63) is 64.4 Å². The smallest absolute Gasteiger partial charge is 0.253 e. The highest BCUT2D eigenvalue weighted by molar-refractivity contribution is 6.30. The molecule has 0 bridgehead atoms. The number of ether oxygens (including phenoxy) is 1. The normalized spacial score (nSPS) is 17.5. The summed E-state index contributed by atoms with van der Waals surface area (Å²) in [5.74, 6) is -0.850. The molecule has 0 unspecified atom stereocenters. The van der Waals surface area contributed by atoms with E-state index in [-0.39, 0.29) is 29.5 Å². The molecule has 0 saturated carbocycles. The molecular weight excluding hydrogens is 395 g/mol. The summed E-state index contributed by atoms with van der Waals surface area (Å²) in [5.41, 5.74) is 1.21. The number of hydrogen-bond acceptors (Lipinski definition) is 3. The van der Waals surface area contributed by atoms with Crippen molar-refractivity contribution in [3.63, 3.8) is 0 Å². The lowest BCUT2D eigenvalue weighted by atomic mass is 9.95. The third-order valence-electron chi connectivity index (χ3n) is 5.21. The van der Waals surface area contributed by atoms with Gasteiger partial charge in [0.1, 0.15) is 0 Å². The number of halogens is 2. The van der Waals surface area contributed by atoms with E-state index in [0.29, 0.717) is 35.7 Å². The van der Waals surface area contributed by atoms with Crippen molar-refractivity contribution in [2.24, 2.45) is 5.92 Å². The van der Waals surface area contributed by atoms with E-state index in [2.05, 4.69) is 5.32 Å². The molecule has 0 radical (unpaired) electrons. The Morgan fingerprint density at radius 1 is 1.24 bits per heavy atom. The molecule has 154 valence electrons. The first-order valence-corrected chi connectivity index (χ1v) is 9.95. The number of benzene rings is 2. The number of carbonyl (C=O) groups excluding carboxylic acids is 2. The van der Waals surface area contributed by atoms with Crippen molar-refractivity contribution in [3.8, 4) is 5.75 Å². The van der Waals surface area contributed by atoms with Crippen LogP contribution in [0.5, 0.6) is 5.75 Å². The molecule has 1 heterocycles. The lowest BCUT2D eigenvalue weighted by Gasteiger charge is -2.32. The van der Waals surface area contributed by atoms with Crippen molar-refractivity contribution in [2.45, 2.75) is 25.8 Å². The molecule has 0 aromatic heterocycles. The zero-order valence-electron chi connectivity index (χ0n) is 16.5. The van der Waals surface area contributed by atoms with Gasteiger partial charge in [-0.3, -0.25) is 9.59 Å². The van der Waals surface area contributed by atoms with Crippen molar-refractivity contribution in [1.29, 1.82) is 0 Å². The molecule has 1 aliphatic heterocycles. The highest BCUT2D eigenvalue weighted by Crippen LogP contribution is 2.24. The maximum absolute atomic E-state index is 13.9. The maximum atomic E-state index is 13.9. The van der Waals surface area contributed by atoms with Crippen molar-refractivity contribution >= 4 is 23.4 Å². The molecule has 1 N–H and O–H groups in total. The molecule has 1 fully saturated rings. The van der Waals surface area contributed by atoms with E-state index >= 15 is 0 Å². The maximum Gasteiger partial charge on any atom is 0.253 e. The summed E-state index contributed by atoms with van der Waals surface area (Å²) in [7, 11) is 1.41. The van der Waals surface area contributed by atoms with Gasteiger partial charge in [-0.2, -0.15) is 0 Å². The molecule has 0 spiro atoms. The zero-order chi connectivity index (χ0) is 21.0. The van der Waals surface area contributed by atoms with Gasteiger partial charge in [0.15, 0.2) is 11.6 Å². The monoisotopic (exact) mass is 418 g/mol. The number of piperidine rings is 1. The Morgan fingerprint density at radius 3 is 2.62 bits per heavy atom. The SMILES string of the molecule is COc1ccc([C@@H](C)NC(=O)[C@@H]2CCCN(C(=O)c3ccc(Cl)cc3)C2)cc1F. The van der Waals surface area contributed by atoms with Crippen molar-refractivity contribution in [1.82, 2.24) is 10.2 Å². The third kappa shape index (κ3) is 5.07. The number of hydrogen-bond donors (Lipinski definition) is 1. The Kier molecular flexibility index (Phi) is 6.75. The van der Waals surface area contributed by atoms with Gasteiger partial charge in [0.25, 0.3) is 5.91 Å². The molecule has 1 aliphatic rings. The van der Waals surface area contributed by atoms with Crippen LogP contribution < -0.4 is 10.1 Å². The molecule has 7 heteroatoms. The molecule has 3 rings (SSSR count). The van der Waals surface area contributed by atoms with E-state index in [1.165, 1.54) is 13.2 Å². The van der Waals surface area contributed by atoms with Gasteiger partial charge in [-0.1, -0.05) is 17.7 Å². The molecule has 29 heavy (non-hydrogen) atoms. The minimum absolute atomic E-state index is 0.107. The number of methoxy groups -OCH3 is 1. The van der Waals surface area contributed by atoms with E-state index in [0.717, 1.165) is 6.42 Å². The Balaban J connectivity index is 1.62. The largest absolute Gasteiger partial charge is 0.494 e. The van der Waals surface area contributed by atoms with Crippen LogP contribution in [-0.4, -0.2) is 36.9 Å². The number of nitrogens with one attached hydrogen (secondary N) is 1. The van der Waals surface area contributed by atoms with Crippen molar-refractivity contribution < 1.29 is 18.7 Å². The Bertz CT molecular complexity index is 888.